The first-order valence-electron chi connectivity index (χ1n) is 8.20. The lowest BCUT2D eigenvalue weighted by Crippen LogP contribution is -2.17. The minimum Gasteiger partial charge on any atom is -0.457 e. The van der Waals surface area contributed by atoms with Gasteiger partial charge in [0.1, 0.15) is 0 Å². The summed E-state index contributed by atoms with van der Waals surface area (Å²) >= 11 is 3.27. The summed E-state index contributed by atoms with van der Waals surface area (Å²) in [4.78, 5) is 46.7. The van der Waals surface area contributed by atoms with Crippen molar-refractivity contribution in [3.63, 3.8) is 0 Å². The van der Waals surface area contributed by atoms with Gasteiger partial charge in [-0.25, -0.2) is 0 Å². The fourth-order valence-electron chi connectivity index (χ4n) is 2.16. The molecule has 0 heterocycles. The van der Waals surface area contributed by atoms with Crippen LogP contribution in [0.4, 0.5) is 5.69 Å². The number of hydrogen-bond acceptors (Lipinski definition) is 5. The molecular formula is C20H18BrNO5. The summed E-state index contributed by atoms with van der Waals surface area (Å²) in [6.07, 6.45) is -0.204. The molecule has 0 aromatic heterocycles. The molecule has 1 amide bonds. The van der Waals surface area contributed by atoms with Gasteiger partial charge in [-0.2, -0.15) is 0 Å². The molecule has 6 nitrogen and oxygen atoms in total. The van der Waals surface area contributed by atoms with Crippen molar-refractivity contribution in [2.75, 3.05) is 11.9 Å². The molecule has 2 aromatic rings. The first kappa shape index (κ1) is 20.5. The lowest BCUT2D eigenvalue weighted by atomic mass is 10.1. The van der Waals surface area contributed by atoms with Crippen LogP contribution in [0, 0.1) is 0 Å². The summed E-state index contributed by atoms with van der Waals surface area (Å²) in [5.41, 5.74) is 1.52. The first-order valence-corrected chi connectivity index (χ1v) is 8.99. The van der Waals surface area contributed by atoms with E-state index in [-0.39, 0.29) is 36.9 Å². The van der Waals surface area contributed by atoms with Crippen LogP contribution in [0.25, 0.3) is 0 Å². The second-order valence-electron chi connectivity index (χ2n) is 5.77. The van der Waals surface area contributed by atoms with E-state index in [9.17, 15) is 19.2 Å². The number of esters is 1. The highest BCUT2D eigenvalue weighted by atomic mass is 79.9. The Morgan fingerprint density at radius 3 is 2.07 bits per heavy atom. The van der Waals surface area contributed by atoms with E-state index in [0.717, 1.165) is 4.47 Å². The number of hydrogen-bond donors (Lipinski definition) is 1. The number of carbonyl (C=O) groups is 4. The first-order chi connectivity index (χ1) is 12.8. The number of carbonyl (C=O) groups excluding carboxylic acids is 4. The Labute approximate surface area is 165 Å². The average molecular weight is 432 g/mol. The van der Waals surface area contributed by atoms with Crippen molar-refractivity contribution in [3.05, 3.63) is 64.1 Å². The van der Waals surface area contributed by atoms with E-state index in [1.54, 1.807) is 48.5 Å². The molecule has 0 aliphatic rings. The average Bonchev–Trinajstić information content (AvgIpc) is 2.65. The number of ether oxygens (including phenoxy) is 1. The van der Waals surface area contributed by atoms with Crippen LogP contribution in [0.1, 0.15) is 40.5 Å². The largest absolute Gasteiger partial charge is 0.457 e. The number of rotatable bonds is 8. The fourth-order valence-corrected chi connectivity index (χ4v) is 2.43. The van der Waals surface area contributed by atoms with Crippen molar-refractivity contribution >= 4 is 45.1 Å². The van der Waals surface area contributed by atoms with E-state index in [2.05, 4.69) is 21.2 Å². The molecule has 0 aliphatic carbocycles. The highest BCUT2D eigenvalue weighted by Gasteiger charge is 2.12. The summed E-state index contributed by atoms with van der Waals surface area (Å²) in [5, 5.41) is 2.63. The Kier molecular flexibility index (Phi) is 7.43. The van der Waals surface area contributed by atoms with E-state index in [0.29, 0.717) is 16.8 Å². The van der Waals surface area contributed by atoms with Gasteiger partial charge >= 0.3 is 5.97 Å². The molecule has 0 bridgehead atoms. The molecule has 0 aliphatic heterocycles. The van der Waals surface area contributed by atoms with Crippen molar-refractivity contribution in [2.24, 2.45) is 0 Å². The zero-order chi connectivity index (χ0) is 19.8. The second kappa shape index (κ2) is 9.78. The third-order valence-electron chi connectivity index (χ3n) is 3.66. The SMILES string of the molecule is CC(=O)c1ccc(NC(=O)CCC(=O)OCC(=O)c2ccc(Br)cc2)cc1. The normalized spacial score (nSPS) is 10.1. The minimum atomic E-state index is -0.623. The van der Waals surface area contributed by atoms with Crippen LogP contribution in [0.15, 0.2) is 53.0 Å². The summed E-state index contributed by atoms with van der Waals surface area (Å²) < 4.78 is 5.76. The lowest BCUT2D eigenvalue weighted by molar-refractivity contribution is -0.143. The number of nitrogens with one attached hydrogen (secondary N) is 1. The van der Waals surface area contributed by atoms with E-state index in [4.69, 9.17) is 4.74 Å². The van der Waals surface area contributed by atoms with E-state index in [1.165, 1.54) is 6.92 Å². The highest BCUT2D eigenvalue weighted by Crippen LogP contribution is 2.12. The molecule has 0 atom stereocenters. The lowest BCUT2D eigenvalue weighted by Gasteiger charge is -2.07. The predicted octanol–water partition coefficient (Wildman–Crippen LogP) is 3.80. The molecule has 0 unspecified atom stereocenters. The maximum atomic E-state index is 11.9. The molecule has 2 aromatic carbocycles. The van der Waals surface area contributed by atoms with Gasteiger partial charge in [-0.05, 0) is 43.3 Å². The summed E-state index contributed by atoms with van der Waals surface area (Å²) in [6, 6.07) is 13.2. The minimum absolute atomic E-state index is 0.0618. The van der Waals surface area contributed by atoms with Crippen LogP contribution in [-0.4, -0.2) is 30.0 Å². The van der Waals surface area contributed by atoms with Crippen molar-refractivity contribution in [3.8, 4) is 0 Å². The Morgan fingerprint density at radius 2 is 1.48 bits per heavy atom. The van der Waals surface area contributed by atoms with Crippen LogP contribution in [0.5, 0.6) is 0 Å². The number of anilines is 1. The Balaban J connectivity index is 1.72. The topological polar surface area (TPSA) is 89.5 Å². The summed E-state index contributed by atoms with van der Waals surface area (Å²) in [7, 11) is 0. The monoisotopic (exact) mass is 431 g/mol. The summed E-state index contributed by atoms with van der Waals surface area (Å²) in [6.45, 7) is 1.09. The van der Waals surface area contributed by atoms with Gasteiger partial charge in [0.05, 0.1) is 6.42 Å². The molecule has 0 spiro atoms. The molecule has 140 valence electrons. The highest BCUT2D eigenvalue weighted by molar-refractivity contribution is 9.10. The van der Waals surface area contributed by atoms with Gasteiger partial charge < -0.3 is 10.1 Å². The standard InChI is InChI=1S/C20H18BrNO5/c1-13(23)14-4-8-17(9-5-14)22-19(25)10-11-20(26)27-12-18(24)15-2-6-16(21)7-3-15/h2-9H,10-12H2,1H3,(H,22,25). The molecule has 27 heavy (non-hydrogen) atoms. The summed E-state index contributed by atoms with van der Waals surface area (Å²) in [5.74, 6) is -1.36. The van der Waals surface area contributed by atoms with Gasteiger partial charge in [-0.15, -0.1) is 0 Å². The Bertz CT molecular complexity index is 844. The Hall–Kier alpha value is -2.80. The Morgan fingerprint density at radius 1 is 0.889 bits per heavy atom. The van der Waals surface area contributed by atoms with Crippen LogP contribution in [-0.2, 0) is 14.3 Å². The molecule has 7 heteroatoms. The molecule has 2 rings (SSSR count). The van der Waals surface area contributed by atoms with Gasteiger partial charge in [-0.3, -0.25) is 19.2 Å². The van der Waals surface area contributed by atoms with Crippen molar-refractivity contribution in [2.45, 2.75) is 19.8 Å². The van der Waals surface area contributed by atoms with Crippen LogP contribution >= 0.6 is 15.9 Å². The van der Waals surface area contributed by atoms with Gasteiger partial charge in [0.15, 0.2) is 18.2 Å². The van der Waals surface area contributed by atoms with E-state index < -0.39 is 5.97 Å². The predicted molar refractivity (Wildman–Crippen MR) is 104 cm³/mol. The van der Waals surface area contributed by atoms with Crippen LogP contribution < -0.4 is 5.32 Å². The van der Waals surface area contributed by atoms with Crippen molar-refractivity contribution in [1.29, 1.82) is 0 Å². The third kappa shape index (κ3) is 6.79. The van der Waals surface area contributed by atoms with Gasteiger partial charge in [0.25, 0.3) is 0 Å². The van der Waals surface area contributed by atoms with Crippen molar-refractivity contribution < 1.29 is 23.9 Å². The van der Waals surface area contributed by atoms with Gasteiger partial charge in [-0.1, -0.05) is 28.1 Å². The zero-order valence-electron chi connectivity index (χ0n) is 14.7. The number of halogens is 1. The molecule has 0 radical (unpaired) electrons. The number of benzene rings is 2. The second-order valence-corrected chi connectivity index (χ2v) is 6.69. The number of Topliss-reactive ketones (excluding diaryl/α,β-unsaturated/α-hetero) is 2. The van der Waals surface area contributed by atoms with Crippen LogP contribution in [0.3, 0.4) is 0 Å². The van der Waals surface area contributed by atoms with Crippen molar-refractivity contribution in [1.82, 2.24) is 0 Å². The smallest absolute Gasteiger partial charge is 0.306 e. The van der Waals surface area contributed by atoms with Crippen LogP contribution in [0.2, 0.25) is 0 Å². The zero-order valence-corrected chi connectivity index (χ0v) is 16.2. The molecule has 1 N–H and O–H groups in total. The fraction of sp³-hybridized carbons (Fsp3) is 0.200. The maximum Gasteiger partial charge on any atom is 0.306 e. The molecule has 0 saturated heterocycles. The van der Waals surface area contributed by atoms with Gasteiger partial charge in [0.2, 0.25) is 5.91 Å². The number of ketones is 2. The van der Waals surface area contributed by atoms with E-state index in [1.807, 2.05) is 0 Å². The third-order valence-corrected chi connectivity index (χ3v) is 4.19. The maximum absolute atomic E-state index is 11.9. The van der Waals surface area contributed by atoms with E-state index >= 15 is 0 Å². The molecule has 0 saturated carbocycles. The van der Waals surface area contributed by atoms with Gasteiger partial charge in [0, 0.05) is 27.7 Å². The molecule has 0 fully saturated rings. The molecular weight excluding hydrogens is 414 g/mol. The number of amides is 1. The quantitative estimate of drug-likeness (QED) is 0.507.